The molecule has 16 heavy (non-hydrogen) atoms. The number of nitrogens with one attached hydrogen (secondary N) is 1. The van der Waals surface area contributed by atoms with Crippen LogP contribution in [0, 0.1) is 0 Å². The molecule has 1 saturated heterocycles. The molecule has 0 bridgehead atoms. The van der Waals surface area contributed by atoms with Gasteiger partial charge in [-0.2, -0.15) is 0 Å². The van der Waals surface area contributed by atoms with Crippen LogP contribution in [0.4, 0.5) is 0 Å². The number of ether oxygens (including phenoxy) is 1. The van der Waals surface area contributed by atoms with Crippen LogP contribution in [0.1, 0.15) is 32.6 Å². The maximum absolute atomic E-state index is 12.1. The van der Waals surface area contributed by atoms with Crippen molar-refractivity contribution in [3.63, 3.8) is 0 Å². The molecule has 92 valence electrons. The van der Waals surface area contributed by atoms with Gasteiger partial charge in [0.25, 0.3) is 0 Å². The summed E-state index contributed by atoms with van der Waals surface area (Å²) in [5.74, 6) is -0.0463. The molecule has 1 aliphatic heterocycles. The molecular weight excluding hydrogens is 204 g/mol. The minimum absolute atomic E-state index is 0.0463. The van der Waals surface area contributed by atoms with Crippen molar-refractivity contribution >= 4 is 5.97 Å². The number of esters is 1. The van der Waals surface area contributed by atoms with Gasteiger partial charge in [0, 0.05) is 19.1 Å². The Morgan fingerprint density at radius 2 is 2.06 bits per heavy atom. The first-order valence-electron chi connectivity index (χ1n) is 6.30. The zero-order chi connectivity index (χ0) is 11.6. The van der Waals surface area contributed by atoms with Gasteiger partial charge in [0.2, 0.25) is 0 Å². The highest BCUT2D eigenvalue weighted by Crippen LogP contribution is 2.29. The van der Waals surface area contributed by atoms with Crippen LogP contribution in [0.25, 0.3) is 0 Å². The Morgan fingerprint density at radius 3 is 2.56 bits per heavy atom. The predicted molar refractivity (Wildman–Crippen MR) is 62.3 cm³/mol. The fraction of sp³-hybridized carbons (Fsp3) is 0.917. The summed E-state index contributed by atoms with van der Waals surface area (Å²) in [6.07, 6.45) is 4.16. The standard InChI is InChI=1S/C12H22N2O2/c1-3-16-11(15)12(13-10-4-5-10)6-8-14(2)9-7-12/h10,13H,3-9H2,1-2H3. The summed E-state index contributed by atoms with van der Waals surface area (Å²) in [6, 6.07) is 0.549. The Bertz CT molecular complexity index is 256. The largest absolute Gasteiger partial charge is 0.465 e. The van der Waals surface area contributed by atoms with Crippen molar-refractivity contribution in [3.8, 4) is 0 Å². The highest BCUT2D eigenvalue weighted by Gasteiger charge is 2.45. The molecule has 0 atom stereocenters. The third-order valence-corrected chi connectivity index (χ3v) is 3.56. The molecule has 2 fully saturated rings. The Hall–Kier alpha value is -0.610. The van der Waals surface area contributed by atoms with Gasteiger partial charge in [0.1, 0.15) is 5.54 Å². The van der Waals surface area contributed by atoms with Crippen molar-refractivity contribution < 1.29 is 9.53 Å². The molecule has 0 aromatic carbocycles. The van der Waals surface area contributed by atoms with Gasteiger partial charge in [-0.05, 0) is 39.7 Å². The molecule has 0 amide bonds. The summed E-state index contributed by atoms with van der Waals surface area (Å²) >= 11 is 0. The van der Waals surface area contributed by atoms with Gasteiger partial charge in [0.05, 0.1) is 6.61 Å². The molecule has 1 N–H and O–H groups in total. The van der Waals surface area contributed by atoms with Crippen molar-refractivity contribution in [2.75, 3.05) is 26.7 Å². The lowest BCUT2D eigenvalue weighted by atomic mass is 9.87. The van der Waals surface area contributed by atoms with Crippen molar-refractivity contribution in [1.82, 2.24) is 10.2 Å². The molecular formula is C12H22N2O2. The first-order valence-corrected chi connectivity index (χ1v) is 6.30. The van der Waals surface area contributed by atoms with Gasteiger partial charge >= 0.3 is 5.97 Å². The highest BCUT2D eigenvalue weighted by atomic mass is 16.5. The van der Waals surface area contributed by atoms with Crippen LogP contribution in [-0.2, 0) is 9.53 Å². The van der Waals surface area contributed by atoms with E-state index in [-0.39, 0.29) is 5.97 Å². The fourth-order valence-electron chi connectivity index (χ4n) is 2.30. The van der Waals surface area contributed by atoms with Gasteiger partial charge in [-0.1, -0.05) is 0 Å². The average molecular weight is 226 g/mol. The smallest absolute Gasteiger partial charge is 0.326 e. The molecule has 1 aliphatic carbocycles. The SMILES string of the molecule is CCOC(=O)C1(NC2CC2)CCN(C)CC1. The van der Waals surface area contributed by atoms with E-state index in [1.54, 1.807) is 0 Å². The quantitative estimate of drug-likeness (QED) is 0.719. The maximum atomic E-state index is 12.1. The number of nitrogens with zero attached hydrogens (tertiary/aromatic N) is 1. The van der Waals surface area contributed by atoms with Crippen LogP contribution in [0.3, 0.4) is 0 Å². The van der Waals surface area contributed by atoms with Crippen LogP contribution < -0.4 is 5.32 Å². The molecule has 0 unspecified atom stereocenters. The van der Waals surface area contributed by atoms with E-state index < -0.39 is 5.54 Å². The number of rotatable bonds is 4. The topological polar surface area (TPSA) is 41.6 Å². The van der Waals surface area contributed by atoms with E-state index in [9.17, 15) is 4.79 Å². The normalized spacial score (nSPS) is 25.4. The number of carbonyl (C=O) groups excluding carboxylic acids is 1. The van der Waals surface area contributed by atoms with Gasteiger partial charge in [-0.25, -0.2) is 0 Å². The van der Waals surface area contributed by atoms with E-state index in [1.807, 2.05) is 6.92 Å². The molecule has 0 aromatic rings. The Kier molecular flexibility index (Phi) is 3.50. The summed E-state index contributed by atoms with van der Waals surface area (Å²) in [4.78, 5) is 14.4. The first-order chi connectivity index (χ1) is 7.66. The van der Waals surface area contributed by atoms with Gasteiger partial charge in [-0.3, -0.25) is 10.1 Å². The maximum Gasteiger partial charge on any atom is 0.326 e. The molecule has 2 aliphatic rings. The second kappa shape index (κ2) is 4.72. The predicted octanol–water partition coefficient (Wildman–Crippen LogP) is 0.766. The van der Waals surface area contributed by atoms with E-state index in [2.05, 4.69) is 17.3 Å². The third-order valence-electron chi connectivity index (χ3n) is 3.56. The average Bonchev–Trinajstić information content (AvgIpc) is 3.06. The van der Waals surface area contributed by atoms with Crippen molar-refractivity contribution in [3.05, 3.63) is 0 Å². The molecule has 0 radical (unpaired) electrons. The van der Waals surface area contributed by atoms with Gasteiger partial charge < -0.3 is 9.64 Å². The van der Waals surface area contributed by atoms with E-state index in [4.69, 9.17) is 4.74 Å². The zero-order valence-corrected chi connectivity index (χ0v) is 10.3. The third kappa shape index (κ3) is 2.55. The number of carbonyl (C=O) groups is 1. The molecule has 0 spiro atoms. The van der Waals surface area contributed by atoms with Crippen LogP contribution in [0.5, 0.6) is 0 Å². The summed E-state index contributed by atoms with van der Waals surface area (Å²) in [6.45, 7) is 4.29. The summed E-state index contributed by atoms with van der Waals surface area (Å²) in [5.41, 5.74) is -0.399. The lowest BCUT2D eigenvalue weighted by molar-refractivity contribution is -0.153. The Morgan fingerprint density at radius 1 is 1.44 bits per heavy atom. The zero-order valence-electron chi connectivity index (χ0n) is 10.3. The van der Waals surface area contributed by atoms with Crippen LogP contribution in [0.2, 0.25) is 0 Å². The molecule has 2 rings (SSSR count). The molecule has 4 nitrogen and oxygen atoms in total. The van der Waals surface area contributed by atoms with E-state index in [1.165, 1.54) is 12.8 Å². The lowest BCUT2D eigenvalue weighted by Crippen LogP contribution is -2.59. The number of piperidine rings is 1. The Balaban J connectivity index is 2.02. The van der Waals surface area contributed by atoms with Crippen LogP contribution >= 0.6 is 0 Å². The van der Waals surface area contributed by atoms with E-state index >= 15 is 0 Å². The van der Waals surface area contributed by atoms with Crippen molar-refractivity contribution in [1.29, 1.82) is 0 Å². The lowest BCUT2D eigenvalue weighted by Gasteiger charge is -2.39. The number of hydrogen-bond acceptors (Lipinski definition) is 4. The first kappa shape index (κ1) is 11.9. The molecule has 1 heterocycles. The highest BCUT2D eigenvalue weighted by molar-refractivity contribution is 5.81. The van der Waals surface area contributed by atoms with Gasteiger partial charge in [0.15, 0.2) is 0 Å². The van der Waals surface area contributed by atoms with Crippen molar-refractivity contribution in [2.45, 2.75) is 44.2 Å². The van der Waals surface area contributed by atoms with Crippen molar-refractivity contribution in [2.24, 2.45) is 0 Å². The van der Waals surface area contributed by atoms with Crippen LogP contribution in [-0.4, -0.2) is 49.2 Å². The molecule has 1 saturated carbocycles. The summed E-state index contributed by atoms with van der Waals surface area (Å²) in [7, 11) is 2.10. The van der Waals surface area contributed by atoms with E-state index in [0.717, 1.165) is 25.9 Å². The monoisotopic (exact) mass is 226 g/mol. The number of likely N-dealkylation sites (tertiary alicyclic amines) is 1. The summed E-state index contributed by atoms with van der Waals surface area (Å²) in [5, 5.41) is 3.51. The van der Waals surface area contributed by atoms with Gasteiger partial charge in [-0.15, -0.1) is 0 Å². The Labute approximate surface area is 97.3 Å². The second-order valence-electron chi connectivity index (χ2n) is 5.02. The minimum Gasteiger partial charge on any atom is -0.465 e. The second-order valence-corrected chi connectivity index (χ2v) is 5.02. The van der Waals surface area contributed by atoms with E-state index in [0.29, 0.717) is 12.6 Å². The molecule has 0 aromatic heterocycles. The fourth-order valence-corrected chi connectivity index (χ4v) is 2.30. The number of hydrogen-bond donors (Lipinski definition) is 1. The minimum atomic E-state index is -0.399. The van der Waals surface area contributed by atoms with Crippen LogP contribution in [0.15, 0.2) is 0 Å². The summed E-state index contributed by atoms with van der Waals surface area (Å²) < 4.78 is 5.23. The molecule has 4 heteroatoms.